The molecule has 1 aromatic carbocycles. The number of carboxylic acids is 1. The summed E-state index contributed by atoms with van der Waals surface area (Å²) in [5.74, 6) is -0.237. The first kappa shape index (κ1) is 16.2. The highest BCUT2D eigenvalue weighted by Crippen LogP contribution is 2.34. The smallest absolute Gasteiger partial charge is 0.326 e. The molecule has 2 aromatic rings. The minimum Gasteiger partial charge on any atom is -0.480 e. The van der Waals surface area contributed by atoms with E-state index in [0.29, 0.717) is 5.82 Å². The van der Waals surface area contributed by atoms with Gasteiger partial charge in [-0.05, 0) is 18.4 Å². The second-order valence-electron chi connectivity index (χ2n) is 6.12. The van der Waals surface area contributed by atoms with Crippen LogP contribution in [0.1, 0.15) is 25.8 Å². The van der Waals surface area contributed by atoms with Crippen LogP contribution in [0.2, 0.25) is 0 Å². The van der Waals surface area contributed by atoms with Gasteiger partial charge in [0.15, 0.2) is 0 Å². The van der Waals surface area contributed by atoms with Crippen LogP contribution >= 0.6 is 0 Å². The van der Waals surface area contributed by atoms with Crippen LogP contribution in [0.25, 0.3) is 11.3 Å². The fraction of sp³-hybridized carbons (Fsp3) is 0.389. The number of nitrogens with zero attached hydrogens (tertiary/aromatic N) is 2. The van der Waals surface area contributed by atoms with Gasteiger partial charge in [-0.3, -0.25) is 0 Å². The van der Waals surface area contributed by atoms with E-state index in [1.807, 2.05) is 38.1 Å². The van der Waals surface area contributed by atoms with E-state index in [4.69, 9.17) is 0 Å². The normalized spacial score (nSPS) is 15.2. The van der Waals surface area contributed by atoms with Gasteiger partial charge in [-0.1, -0.05) is 38.5 Å². The Labute approximate surface area is 141 Å². The van der Waals surface area contributed by atoms with Crippen LogP contribution in [0, 0.1) is 5.92 Å². The maximum Gasteiger partial charge on any atom is 0.326 e. The third-order valence-electron chi connectivity index (χ3n) is 4.59. The van der Waals surface area contributed by atoms with Crippen LogP contribution in [0.15, 0.2) is 30.6 Å². The number of rotatable bonds is 5. The molecule has 3 rings (SSSR count). The highest BCUT2D eigenvalue weighted by Gasteiger charge is 2.26. The third kappa shape index (κ3) is 3.04. The molecule has 0 saturated heterocycles. The van der Waals surface area contributed by atoms with Crippen molar-refractivity contribution in [3.8, 4) is 11.3 Å². The summed E-state index contributed by atoms with van der Waals surface area (Å²) >= 11 is 0. The molecule has 0 fully saturated rings. The SMILES string of the molecule is CC[C@H](C)[C@H](Nc1ncnc2c1CCNc1ccccc1-2)C(=O)O. The summed E-state index contributed by atoms with van der Waals surface area (Å²) < 4.78 is 0. The highest BCUT2D eigenvalue weighted by molar-refractivity contribution is 5.82. The standard InChI is InChI=1S/C18H22N4O2/c1-3-11(2)15(18(23)24)22-17-13-8-9-19-14-7-5-4-6-12(14)16(13)20-10-21-17/h4-7,10-11,15,19H,3,8-9H2,1-2H3,(H,23,24)(H,20,21,22)/t11-,15-/m0/s1. The Kier molecular flexibility index (Phi) is 4.64. The van der Waals surface area contributed by atoms with Crippen LogP contribution in [-0.4, -0.2) is 33.6 Å². The first-order valence-electron chi connectivity index (χ1n) is 8.28. The molecule has 0 spiro atoms. The van der Waals surface area contributed by atoms with Crippen molar-refractivity contribution in [2.45, 2.75) is 32.7 Å². The number of aliphatic carboxylic acids is 1. The number of carbonyl (C=O) groups is 1. The number of nitrogens with one attached hydrogen (secondary N) is 2. The summed E-state index contributed by atoms with van der Waals surface area (Å²) in [7, 11) is 0. The molecule has 0 saturated carbocycles. The van der Waals surface area contributed by atoms with E-state index in [0.717, 1.165) is 41.9 Å². The molecule has 1 aromatic heterocycles. The minimum absolute atomic E-state index is 0.00399. The van der Waals surface area contributed by atoms with Gasteiger partial charge in [0.1, 0.15) is 18.2 Å². The number of carboxylic acid groups (broad SMARTS) is 1. The maximum absolute atomic E-state index is 11.6. The fourth-order valence-corrected chi connectivity index (χ4v) is 3.00. The average Bonchev–Trinajstić information content (AvgIpc) is 2.78. The van der Waals surface area contributed by atoms with Crippen LogP contribution in [0.3, 0.4) is 0 Å². The highest BCUT2D eigenvalue weighted by atomic mass is 16.4. The molecule has 126 valence electrons. The van der Waals surface area contributed by atoms with Crippen molar-refractivity contribution in [3.63, 3.8) is 0 Å². The van der Waals surface area contributed by atoms with E-state index in [2.05, 4.69) is 20.6 Å². The quantitative estimate of drug-likeness (QED) is 0.783. The lowest BCUT2D eigenvalue weighted by Gasteiger charge is -2.22. The number of hydrogen-bond acceptors (Lipinski definition) is 5. The van der Waals surface area contributed by atoms with Crippen LogP contribution in [0.5, 0.6) is 0 Å². The fourth-order valence-electron chi connectivity index (χ4n) is 3.00. The van der Waals surface area contributed by atoms with Gasteiger partial charge in [0.05, 0.1) is 5.69 Å². The molecule has 24 heavy (non-hydrogen) atoms. The zero-order valence-corrected chi connectivity index (χ0v) is 13.9. The van der Waals surface area contributed by atoms with Gasteiger partial charge in [0, 0.05) is 23.4 Å². The van der Waals surface area contributed by atoms with E-state index >= 15 is 0 Å². The largest absolute Gasteiger partial charge is 0.480 e. The van der Waals surface area contributed by atoms with E-state index in [1.165, 1.54) is 6.33 Å². The first-order valence-corrected chi connectivity index (χ1v) is 8.28. The predicted octanol–water partition coefficient (Wildman–Crippen LogP) is 3.02. The Hall–Kier alpha value is -2.63. The summed E-state index contributed by atoms with van der Waals surface area (Å²) in [6.07, 6.45) is 3.01. The van der Waals surface area contributed by atoms with Crippen LogP contribution in [0.4, 0.5) is 11.5 Å². The number of aromatic nitrogens is 2. The van der Waals surface area contributed by atoms with Gasteiger partial charge in [0.25, 0.3) is 0 Å². The monoisotopic (exact) mass is 326 g/mol. The molecule has 0 radical (unpaired) electrons. The molecule has 1 aliphatic rings. The molecule has 0 bridgehead atoms. The average molecular weight is 326 g/mol. The van der Waals surface area contributed by atoms with Crippen molar-refractivity contribution in [2.24, 2.45) is 5.92 Å². The van der Waals surface area contributed by atoms with Crippen molar-refractivity contribution < 1.29 is 9.90 Å². The number of hydrogen-bond donors (Lipinski definition) is 3. The Morgan fingerprint density at radius 1 is 1.38 bits per heavy atom. The molecule has 6 nitrogen and oxygen atoms in total. The lowest BCUT2D eigenvalue weighted by atomic mass is 9.98. The summed E-state index contributed by atoms with van der Waals surface area (Å²) in [6.45, 7) is 4.68. The molecule has 1 aliphatic heterocycles. The van der Waals surface area contributed by atoms with E-state index in [9.17, 15) is 9.90 Å². The van der Waals surface area contributed by atoms with Gasteiger partial charge < -0.3 is 15.7 Å². The van der Waals surface area contributed by atoms with Crippen molar-refractivity contribution in [3.05, 3.63) is 36.2 Å². The summed E-state index contributed by atoms with van der Waals surface area (Å²) in [5, 5.41) is 16.1. The first-order chi connectivity index (χ1) is 11.6. The van der Waals surface area contributed by atoms with Gasteiger partial charge in [-0.25, -0.2) is 14.8 Å². The number of benzene rings is 1. The molecule has 3 N–H and O–H groups in total. The Balaban J connectivity index is 2.02. The summed E-state index contributed by atoms with van der Waals surface area (Å²) in [6, 6.07) is 7.34. The molecule has 0 amide bonds. The van der Waals surface area contributed by atoms with Gasteiger partial charge >= 0.3 is 5.97 Å². The molecular formula is C18H22N4O2. The van der Waals surface area contributed by atoms with E-state index in [-0.39, 0.29) is 5.92 Å². The van der Waals surface area contributed by atoms with Crippen molar-refractivity contribution in [2.75, 3.05) is 17.2 Å². The van der Waals surface area contributed by atoms with E-state index in [1.54, 1.807) is 0 Å². The molecule has 6 heteroatoms. The van der Waals surface area contributed by atoms with Gasteiger partial charge in [0.2, 0.25) is 0 Å². The predicted molar refractivity (Wildman–Crippen MR) is 94.2 cm³/mol. The second kappa shape index (κ2) is 6.86. The zero-order chi connectivity index (χ0) is 17.1. The molecule has 0 unspecified atom stereocenters. The second-order valence-corrected chi connectivity index (χ2v) is 6.12. The van der Waals surface area contributed by atoms with Gasteiger partial charge in [-0.2, -0.15) is 0 Å². The number of anilines is 2. The van der Waals surface area contributed by atoms with Gasteiger partial charge in [-0.15, -0.1) is 0 Å². The molecular weight excluding hydrogens is 304 g/mol. The van der Waals surface area contributed by atoms with Crippen LogP contribution < -0.4 is 10.6 Å². The summed E-state index contributed by atoms with van der Waals surface area (Å²) in [4.78, 5) is 20.4. The molecule has 2 heterocycles. The van der Waals surface area contributed by atoms with E-state index < -0.39 is 12.0 Å². The minimum atomic E-state index is -0.858. The maximum atomic E-state index is 11.6. The number of para-hydroxylation sites is 1. The topological polar surface area (TPSA) is 87.1 Å². The lowest BCUT2D eigenvalue weighted by molar-refractivity contribution is -0.139. The lowest BCUT2D eigenvalue weighted by Crippen LogP contribution is -2.36. The number of fused-ring (bicyclic) bond motifs is 3. The van der Waals surface area contributed by atoms with Crippen LogP contribution in [-0.2, 0) is 11.2 Å². The van der Waals surface area contributed by atoms with Crippen molar-refractivity contribution in [1.29, 1.82) is 0 Å². The van der Waals surface area contributed by atoms with Crippen molar-refractivity contribution >= 4 is 17.5 Å². The Bertz CT molecular complexity index is 748. The Morgan fingerprint density at radius 2 is 2.17 bits per heavy atom. The third-order valence-corrected chi connectivity index (χ3v) is 4.59. The molecule has 2 atom stereocenters. The zero-order valence-electron chi connectivity index (χ0n) is 13.9. The summed E-state index contributed by atoms with van der Waals surface area (Å²) in [5.41, 5.74) is 3.88. The van der Waals surface area contributed by atoms with Crippen molar-refractivity contribution in [1.82, 2.24) is 9.97 Å². The molecule has 0 aliphatic carbocycles. The Morgan fingerprint density at radius 3 is 2.92 bits per heavy atom.